The number of carbonyl (C=O) groups is 1. The van der Waals surface area contributed by atoms with Crippen molar-refractivity contribution in [1.29, 1.82) is 0 Å². The Kier molecular flexibility index (Phi) is 5.56. The van der Waals surface area contributed by atoms with Crippen molar-refractivity contribution in [3.63, 3.8) is 0 Å². The molecule has 1 saturated heterocycles. The lowest BCUT2D eigenvalue weighted by molar-refractivity contribution is -0.900. The summed E-state index contributed by atoms with van der Waals surface area (Å²) in [6.45, 7) is 8.09. The fourth-order valence-corrected chi connectivity index (χ4v) is 2.48. The minimum absolute atomic E-state index is 0.0637. The number of benzene rings is 1. The number of rotatable bonds is 5. The SMILES string of the molecule is CCc1ccc([C@@H](C)NC(=O)C[NH+]2CCOCC2)cc1. The van der Waals surface area contributed by atoms with Gasteiger partial charge in [-0.1, -0.05) is 31.2 Å². The van der Waals surface area contributed by atoms with Crippen LogP contribution in [0.2, 0.25) is 0 Å². The molecule has 0 bridgehead atoms. The van der Waals surface area contributed by atoms with E-state index in [-0.39, 0.29) is 11.9 Å². The van der Waals surface area contributed by atoms with E-state index in [9.17, 15) is 4.79 Å². The summed E-state index contributed by atoms with van der Waals surface area (Å²) in [5.41, 5.74) is 2.48. The second kappa shape index (κ2) is 7.41. The molecule has 4 nitrogen and oxygen atoms in total. The maximum atomic E-state index is 12.0. The van der Waals surface area contributed by atoms with Crippen molar-refractivity contribution in [3.05, 3.63) is 35.4 Å². The van der Waals surface area contributed by atoms with Crippen LogP contribution >= 0.6 is 0 Å². The predicted molar refractivity (Wildman–Crippen MR) is 78.8 cm³/mol. The number of aryl methyl sites for hydroxylation is 1. The van der Waals surface area contributed by atoms with E-state index in [0.717, 1.165) is 38.3 Å². The maximum absolute atomic E-state index is 12.0. The van der Waals surface area contributed by atoms with Gasteiger partial charge in [0.2, 0.25) is 0 Å². The van der Waals surface area contributed by atoms with Crippen LogP contribution in [0.15, 0.2) is 24.3 Å². The first kappa shape index (κ1) is 15.0. The number of carbonyl (C=O) groups excluding carboxylic acids is 1. The van der Waals surface area contributed by atoms with E-state index < -0.39 is 0 Å². The molecule has 1 aromatic carbocycles. The Hall–Kier alpha value is -1.39. The van der Waals surface area contributed by atoms with Gasteiger partial charge < -0.3 is 15.0 Å². The summed E-state index contributed by atoms with van der Waals surface area (Å²) in [6, 6.07) is 8.53. The molecule has 0 saturated carbocycles. The van der Waals surface area contributed by atoms with E-state index in [1.165, 1.54) is 10.5 Å². The van der Waals surface area contributed by atoms with Crippen LogP contribution in [0.5, 0.6) is 0 Å². The lowest BCUT2D eigenvalue weighted by atomic mass is 10.1. The molecule has 20 heavy (non-hydrogen) atoms. The summed E-state index contributed by atoms with van der Waals surface area (Å²) >= 11 is 0. The van der Waals surface area contributed by atoms with Crippen molar-refractivity contribution in [3.8, 4) is 0 Å². The lowest BCUT2D eigenvalue weighted by Gasteiger charge is -2.24. The Bertz CT molecular complexity index is 425. The van der Waals surface area contributed by atoms with Crippen LogP contribution in [-0.4, -0.2) is 38.8 Å². The summed E-state index contributed by atoms with van der Waals surface area (Å²) in [5.74, 6) is 0.119. The molecule has 2 rings (SSSR count). The molecule has 4 heteroatoms. The van der Waals surface area contributed by atoms with Gasteiger partial charge in [-0.2, -0.15) is 0 Å². The number of ether oxygens (including phenoxy) is 1. The van der Waals surface area contributed by atoms with Crippen LogP contribution in [0.3, 0.4) is 0 Å². The Labute approximate surface area is 121 Å². The molecule has 1 aromatic rings. The predicted octanol–water partition coefficient (Wildman–Crippen LogP) is 0.341. The number of hydrogen-bond donors (Lipinski definition) is 2. The highest BCUT2D eigenvalue weighted by Gasteiger charge is 2.19. The van der Waals surface area contributed by atoms with Gasteiger partial charge in [-0.3, -0.25) is 4.79 Å². The molecule has 1 aliphatic heterocycles. The van der Waals surface area contributed by atoms with Gasteiger partial charge in [0.05, 0.1) is 19.3 Å². The summed E-state index contributed by atoms with van der Waals surface area (Å²) in [6.07, 6.45) is 1.04. The number of quaternary nitrogens is 1. The van der Waals surface area contributed by atoms with E-state index in [0.29, 0.717) is 6.54 Å². The third-order valence-corrected chi connectivity index (χ3v) is 3.88. The molecule has 1 fully saturated rings. The third-order valence-electron chi connectivity index (χ3n) is 3.88. The highest BCUT2D eigenvalue weighted by molar-refractivity contribution is 5.77. The number of amides is 1. The zero-order valence-electron chi connectivity index (χ0n) is 12.4. The molecule has 2 N–H and O–H groups in total. The van der Waals surface area contributed by atoms with Crippen molar-refractivity contribution in [2.45, 2.75) is 26.3 Å². The third kappa shape index (κ3) is 4.32. The molecule has 1 heterocycles. The van der Waals surface area contributed by atoms with E-state index in [4.69, 9.17) is 4.74 Å². The van der Waals surface area contributed by atoms with Crippen LogP contribution in [0.1, 0.15) is 31.0 Å². The molecule has 0 aromatic heterocycles. The highest BCUT2D eigenvalue weighted by Crippen LogP contribution is 2.13. The van der Waals surface area contributed by atoms with E-state index >= 15 is 0 Å². The van der Waals surface area contributed by atoms with Crippen LogP contribution in [0, 0.1) is 0 Å². The molecular weight excluding hydrogens is 252 g/mol. The van der Waals surface area contributed by atoms with E-state index in [2.05, 4.69) is 36.5 Å². The van der Waals surface area contributed by atoms with Crippen LogP contribution in [0.25, 0.3) is 0 Å². The Morgan fingerprint density at radius 3 is 2.55 bits per heavy atom. The summed E-state index contributed by atoms with van der Waals surface area (Å²) in [4.78, 5) is 13.4. The van der Waals surface area contributed by atoms with Gasteiger partial charge in [-0.05, 0) is 24.5 Å². The first-order valence-corrected chi connectivity index (χ1v) is 7.48. The maximum Gasteiger partial charge on any atom is 0.275 e. The standard InChI is InChI=1S/C16H24N2O2/c1-3-14-4-6-15(7-5-14)13(2)17-16(19)12-18-8-10-20-11-9-18/h4-7,13H,3,8-12H2,1-2H3,(H,17,19)/p+1/t13-/m1/s1. The Balaban J connectivity index is 1.82. The van der Waals surface area contributed by atoms with Crippen molar-refractivity contribution in [2.75, 3.05) is 32.8 Å². The number of morpholine rings is 1. The van der Waals surface area contributed by atoms with Crippen LogP contribution < -0.4 is 10.2 Å². The molecular formula is C16H25N2O2+. The van der Waals surface area contributed by atoms with Gasteiger partial charge in [0.15, 0.2) is 6.54 Å². The van der Waals surface area contributed by atoms with Crippen molar-refractivity contribution in [1.82, 2.24) is 5.32 Å². The zero-order valence-corrected chi connectivity index (χ0v) is 12.4. The smallest absolute Gasteiger partial charge is 0.275 e. The molecule has 0 aliphatic carbocycles. The fraction of sp³-hybridized carbons (Fsp3) is 0.562. The van der Waals surface area contributed by atoms with Gasteiger partial charge in [0, 0.05) is 0 Å². The second-order valence-corrected chi connectivity index (χ2v) is 5.42. The normalized spacial score (nSPS) is 17.7. The summed E-state index contributed by atoms with van der Waals surface area (Å²) in [7, 11) is 0. The molecule has 0 unspecified atom stereocenters. The number of hydrogen-bond acceptors (Lipinski definition) is 2. The quantitative estimate of drug-likeness (QED) is 0.815. The van der Waals surface area contributed by atoms with E-state index in [1.54, 1.807) is 0 Å². The van der Waals surface area contributed by atoms with Gasteiger partial charge in [-0.15, -0.1) is 0 Å². The molecule has 1 atom stereocenters. The summed E-state index contributed by atoms with van der Waals surface area (Å²) in [5, 5.41) is 3.08. The molecule has 0 spiro atoms. The van der Waals surface area contributed by atoms with Gasteiger partial charge in [0.1, 0.15) is 13.1 Å². The van der Waals surface area contributed by atoms with Gasteiger partial charge in [0.25, 0.3) is 5.91 Å². The first-order chi connectivity index (χ1) is 9.69. The molecule has 0 radical (unpaired) electrons. The molecule has 1 amide bonds. The van der Waals surface area contributed by atoms with Crippen molar-refractivity contribution < 1.29 is 14.4 Å². The van der Waals surface area contributed by atoms with Crippen LogP contribution in [-0.2, 0) is 16.0 Å². The largest absolute Gasteiger partial charge is 0.370 e. The molecule has 110 valence electrons. The van der Waals surface area contributed by atoms with Gasteiger partial charge >= 0.3 is 0 Å². The van der Waals surface area contributed by atoms with E-state index in [1.807, 2.05) is 6.92 Å². The van der Waals surface area contributed by atoms with Crippen molar-refractivity contribution >= 4 is 5.91 Å². The molecule has 1 aliphatic rings. The van der Waals surface area contributed by atoms with Crippen molar-refractivity contribution in [2.24, 2.45) is 0 Å². The highest BCUT2D eigenvalue weighted by atomic mass is 16.5. The summed E-state index contributed by atoms with van der Waals surface area (Å²) < 4.78 is 5.30. The first-order valence-electron chi connectivity index (χ1n) is 7.48. The fourth-order valence-electron chi connectivity index (χ4n) is 2.48. The second-order valence-electron chi connectivity index (χ2n) is 5.42. The zero-order chi connectivity index (χ0) is 14.4. The average molecular weight is 277 g/mol. The Morgan fingerprint density at radius 1 is 1.30 bits per heavy atom. The minimum Gasteiger partial charge on any atom is -0.370 e. The van der Waals surface area contributed by atoms with Gasteiger partial charge in [-0.25, -0.2) is 0 Å². The monoisotopic (exact) mass is 277 g/mol. The topological polar surface area (TPSA) is 42.8 Å². The Morgan fingerprint density at radius 2 is 1.95 bits per heavy atom. The minimum atomic E-state index is 0.0637. The van der Waals surface area contributed by atoms with Crippen LogP contribution in [0.4, 0.5) is 0 Å². The average Bonchev–Trinajstić information content (AvgIpc) is 2.48. The number of nitrogens with one attached hydrogen (secondary N) is 2. The lowest BCUT2D eigenvalue weighted by Crippen LogP contribution is -3.15.